The monoisotopic (exact) mass is 462 g/mol. The van der Waals surface area contributed by atoms with Crippen molar-refractivity contribution in [2.24, 2.45) is 0 Å². The summed E-state index contributed by atoms with van der Waals surface area (Å²) in [5.41, 5.74) is 2.27. The Kier molecular flexibility index (Phi) is 8.17. The number of aromatic nitrogens is 2. The van der Waals surface area contributed by atoms with Gasteiger partial charge in [-0.1, -0.05) is 18.0 Å². The van der Waals surface area contributed by atoms with E-state index in [1.165, 1.54) is 0 Å². The van der Waals surface area contributed by atoms with Crippen molar-refractivity contribution in [2.75, 3.05) is 29.9 Å². The van der Waals surface area contributed by atoms with Gasteiger partial charge in [-0.2, -0.15) is 0 Å². The van der Waals surface area contributed by atoms with Gasteiger partial charge in [-0.15, -0.1) is 0 Å². The second-order valence-corrected chi connectivity index (χ2v) is 9.88. The van der Waals surface area contributed by atoms with E-state index in [1.54, 1.807) is 0 Å². The maximum atomic E-state index is 11.8. The molecule has 176 valence electrons. The minimum atomic E-state index is -0.428. The van der Waals surface area contributed by atoms with Gasteiger partial charge in [0, 0.05) is 31.7 Å². The molecule has 0 amide bonds. The lowest BCUT2D eigenvalue weighted by molar-refractivity contribution is -0.154. The van der Waals surface area contributed by atoms with Gasteiger partial charge in [0.25, 0.3) is 0 Å². The lowest BCUT2D eigenvalue weighted by Gasteiger charge is -2.36. The van der Waals surface area contributed by atoms with Crippen LogP contribution in [0.2, 0.25) is 5.15 Å². The van der Waals surface area contributed by atoms with Crippen LogP contribution in [0.3, 0.4) is 0 Å². The smallest absolute Gasteiger partial charge is 0.306 e. The number of carbonyl (C=O) groups is 1. The number of hydrogen-bond acceptors (Lipinski definition) is 7. The third-order valence-corrected chi connectivity index (χ3v) is 5.42. The summed E-state index contributed by atoms with van der Waals surface area (Å²) in [6, 6.07) is 6.10. The molecule has 1 aromatic heterocycles. The summed E-state index contributed by atoms with van der Waals surface area (Å²) in [7, 11) is 0. The highest BCUT2D eigenvalue weighted by Gasteiger charge is 2.23. The number of nitrogens with zero attached hydrogens (tertiary/aromatic N) is 3. The van der Waals surface area contributed by atoms with Crippen molar-refractivity contribution < 1.29 is 14.3 Å². The molecule has 0 spiro atoms. The summed E-state index contributed by atoms with van der Waals surface area (Å²) >= 11 is 6.35. The van der Waals surface area contributed by atoms with Gasteiger partial charge in [0.15, 0.2) is 11.0 Å². The Bertz CT molecular complexity index is 921. The van der Waals surface area contributed by atoms with Crippen LogP contribution >= 0.6 is 11.6 Å². The van der Waals surface area contributed by atoms with Crippen LogP contribution in [-0.2, 0) is 14.3 Å². The zero-order valence-electron chi connectivity index (χ0n) is 19.8. The Hall–Kier alpha value is -2.12. The molecular weight excluding hydrogens is 428 g/mol. The highest BCUT2D eigenvalue weighted by atomic mass is 35.5. The first-order valence-electron chi connectivity index (χ1n) is 11.4. The SMILES string of the molecule is C[C@@H]1CN(c2ccc3nc(Cl)c(NCCCCCC(=O)OC(C)(C)C)nc3c2)C[C@H](C)O1. The highest BCUT2D eigenvalue weighted by molar-refractivity contribution is 6.32. The molecule has 2 heterocycles. The van der Waals surface area contributed by atoms with Crippen LogP contribution in [0, 0.1) is 0 Å². The Labute approximate surface area is 195 Å². The summed E-state index contributed by atoms with van der Waals surface area (Å²) in [5.74, 6) is 0.445. The Morgan fingerprint density at radius 2 is 1.88 bits per heavy atom. The summed E-state index contributed by atoms with van der Waals surface area (Å²) < 4.78 is 11.2. The molecule has 1 aliphatic rings. The van der Waals surface area contributed by atoms with Crippen LogP contribution < -0.4 is 10.2 Å². The van der Waals surface area contributed by atoms with E-state index in [4.69, 9.17) is 26.1 Å². The maximum Gasteiger partial charge on any atom is 0.306 e. The summed E-state index contributed by atoms with van der Waals surface area (Å²) in [4.78, 5) is 23.3. The number of nitrogens with one attached hydrogen (secondary N) is 1. The number of hydrogen-bond donors (Lipinski definition) is 1. The van der Waals surface area contributed by atoms with Gasteiger partial charge in [0.2, 0.25) is 0 Å². The van der Waals surface area contributed by atoms with Crippen molar-refractivity contribution in [1.82, 2.24) is 9.97 Å². The number of anilines is 2. The number of rotatable bonds is 8. The first kappa shape index (κ1) is 24.5. The maximum absolute atomic E-state index is 11.8. The fourth-order valence-electron chi connectivity index (χ4n) is 3.89. The zero-order valence-corrected chi connectivity index (χ0v) is 20.5. The lowest BCUT2D eigenvalue weighted by atomic mass is 10.1. The third kappa shape index (κ3) is 7.20. The normalized spacial score (nSPS) is 19.2. The number of ether oxygens (including phenoxy) is 2. The zero-order chi connectivity index (χ0) is 23.3. The first-order chi connectivity index (χ1) is 15.1. The quantitative estimate of drug-likeness (QED) is 0.426. The van der Waals surface area contributed by atoms with E-state index in [0.717, 1.165) is 49.1 Å². The summed E-state index contributed by atoms with van der Waals surface area (Å²) in [5, 5.41) is 3.66. The van der Waals surface area contributed by atoms with E-state index < -0.39 is 5.60 Å². The van der Waals surface area contributed by atoms with Gasteiger partial charge < -0.3 is 19.7 Å². The molecule has 0 radical (unpaired) electrons. The second kappa shape index (κ2) is 10.7. The van der Waals surface area contributed by atoms with E-state index in [2.05, 4.69) is 41.2 Å². The predicted molar refractivity (Wildman–Crippen MR) is 130 cm³/mol. The Balaban J connectivity index is 1.54. The Morgan fingerprint density at radius 3 is 2.56 bits per heavy atom. The largest absolute Gasteiger partial charge is 0.460 e. The molecule has 1 saturated heterocycles. The minimum Gasteiger partial charge on any atom is -0.460 e. The molecule has 0 bridgehead atoms. The van der Waals surface area contributed by atoms with E-state index in [-0.39, 0.29) is 18.2 Å². The minimum absolute atomic E-state index is 0.145. The van der Waals surface area contributed by atoms with Crippen molar-refractivity contribution in [3.05, 3.63) is 23.4 Å². The van der Waals surface area contributed by atoms with Crippen molar-refractivity contribution in [3.8, 4) is 0 Å². The number of benzene rings is 1. The second-order valence-electron chi connectivity index (χ2n) is 9.52. The first-order valence-corrected chi connectivity index (χ1v) is 11.8. The van der Waals surface area contributed by atoms with Crippen LogP contribution in [0.1, 0.15) is 60.3 Å². The molecule has 7 nitrogen and oxygen atoms in total. The number of halogens is 1. The molecule has 1 N–H and O–H groups in total. The Morgan fingerprint density at radius 1 is 1.16 bits per heavy atom. The lowest BCUT2D eigenvalue weighted by Crippen LogP contribution is -2.45. The van der Waals surface area contributed by atoms with Crippen LogP contribution in [0.15, 0.2) is 18.2 Å². The molecule has 2 atom stereocenters. The van der Waals surface area contributed by atoms with Crippen LogP contribution in [0.4, 0.5) is 11.5 Å². The van der Waals surface area contributed by atoms with Crippen LogP contribution in [-0.4, -0.2) is 53.4 Å². The molecule has 1 fully saturated rings. The van der Waals surface area contributed by atoms with Crippen molar-refractivity contribution >= 4 is 40.1 Å². The van der Waals surface area contributed by atoms with Crippen LogP contribution in [0.25, 0.3) is 11.0 Å². The fourth-order valence-corrected chi connectivity index (χ4v) is 4.09. The van der Waals surface area contributed by atoms with Gasteiger partial charge >= 0.3 is 5.97 Å². The molecule has 0 aliphatic carbocycles. The molecule has 0 saturated carbocycles. The van der Waals surface area contributed by atoms with E-state index >= 15 is 0 Å². The average Bonchev–Trinajstić information content (AvgIpc) is 2.68. The topological polar surface area (TPSA) is 76.6 Å². The van der Waals surface area contributed by atoms with Crippen molar-refractivity contribution in [3.63, 3.8) is 0 Å². The molecular formula is C24H35ClN4O3. The van der Waals surface area contributed by atoms with Gasteiger partial charge in [-0.25, -0.2) is 9.97 Å². The van der Waals surface area contributed by atoms with Crippen molar-refractivity contribution in [2.45, 2.75) is 78.1 Å². The van der Waals surface area contributed by atoms with E-state index in [1.807, 2.05) is 26.8 Å². The fraction of sp³-hybridized carbons (Fsp3) is 0.625. The van der Waals surface area contributed by atoms with E-state index in [9.17, 15) is 4.79 Å². The molecule has 1 aromatic carbocycles. The number of unbranched alkanes of at least 4 members (excludes halogenated alkanes) is 2. The molecule has 2 aromatic rings. The number of morpholine rings is 1. The van der Waals surface area contributed by atoms with Crippen molar-refractivity contribution in [1.29, 1.82) is 0 Å². The molecule has 8 heteroatoms. The highest BCUT2D eigenvalue weighted by Crippen LogP contribution is 2.27. The summed E-state index contributed by atoms with van der Waals surface area (Å²) in [6.07, 6.45) is 3.45. The predicted octanol–water partition coefficient (Wildman–Crippen LogP) is 5.21. The van der Waals surface area contributed by atoms with Gasteiger partial charge in [0.05, 0.1) is 23.2 Å². The van der Waals surface area contributed by atoms with Crippen LogP contribution in [0.5, 0.6) is 0 Å². The number of carbonyl (C=O) groups excluding carboxylic acids is 1. The van der Waals surface area contributed by atoms with Gasteiger partial charge in [-0.05, 0) is 65.7 Å². The molecule has 3 rings (SSSR count). The third-order valence-electron chi connectivity index (χ3n) is 5.16. The number of fused-ring (bicyclic) bond motifs is 1. The van der Waals surface area contributed by atoms with Gasteiger partial charge in [0.1, 0.15) is 5.60 Å². The molecule has 1 aliphatic heterocycles. The number of esters is 1. The average molecular weight is 463 g/mol. The standard InChI is InChI=1S/C24H35ClN4O3/c1-16-14-29(15-17(2)31-16)18-10-11-19-20(13-18)28-23(22(25)27-19)26-12-8-6-7-9-21(30)32-24(3,4)5/h10-11,13,16-17H,6-9,12,14-15H2,1-5H3,(H,26,28)/t16-,17+. The molecule has 32 heavy (non-hydrogen) atoms. The summed E-state index contributed by atoms with van der Waals surface area (Å²) in [6.45, 7) is 12.3. The molecule has 0 unspecified atom stereocenters. The van der Waals surface area contributed by atoms with E-state index in [0.29, 0.717) is 23.9 Å². The van der Waals surface area contributed by atoms with Gasteiger partial charge in [-0.3, -0.25) is 4.79 Å².